The standard InChI is InChI=1S/C27H27NO8S2/c1-3-35-27(30)20-8-6-19(7-9-20)24-13-10-22(36-24)16-25(26(29)28-21-14-15-37(31,32)17-21)38(33,34)23-11-4-18(2)5-12-23/h4-13,16,21H,3,14-15,17H2,1-2H3,(H,28,29)/b25-16+. The molecule has 1 aliphatic heterocycles. The second-order valence-electron chi connectivity index (χ2n) is 8.90. The number of furan rings is 1. The van der Waals surface area contributed by atoms with E-state index in [0.29, 0.717) is 16.9 Å². The lowest BCUT2D eigenvalue weighted by molar-refractivity contribution is -0.117. The Balaban J connectivity index is 1.67. The van der Waals surface area contributed by atoms with Crippen molar-refractivity contribution in [1.82, 2.24) is 5.32 Å². The number of aryl methyl sites for hydroxylation is 1. The fourth-order valence-corrected chi connectivity index (χ4v) is 6.97. The van der Waals surface area contributed by atoms with Crippen LogP contribution in [0.2, 0.25) is 0 Å². The van der Waals surface area contributed by atoms with Gasteiger partial charge in [-0.25, -0.2) is 21.6 Å². The highest BCUT2D eigenvalue weighted by Crippen LogP contribution is 2.27. The van der Waals surface area contributed by atoms with E-state index < -0.39 is 42.5 Å². The summed E-state index contributed by atoms with van der Waals surface area (Å²) in [5, 5.41) is 2.56. The predicted octanol–water partition coefficient (Wildman–Crippen LogP) is 3.55. The maximum Gasteiger partial charge on any atom is 0.338 e. The molecule has 1 aromatic heterocycles. The number of rotatable bonds is 8. The maximum atomic E-state index is 13.5. The molecule has 4 rings (SSSR count). The van der Waals surface area contributed by atoms with Gasteiger partial charge in [-0.1, -0.05) is 29.8 Å². The van der Waals surface area contributed by atoms with Gasteiger partial charge in [0, 0.05) is 17.7 Å². The summed E-state index contributed by atoms with van der Waals surface area (Å²) < 4.78 is 61.5. The van der Waals surface area contributed by atoms with Crippen molar-refractivity contribution < 1.29 is 35.6 Å². The van der Waals surface area contributed by atoms with Crippen molar-refractivity contribution in [3.8, 4) is 11.3 Å². The molecule has 1 fully saturated rings. The van der Waals surface area contributed by atoms with Crippen LogP contribution in [0.1, 0.15) is 35.0 Å². The molecule has 2 aromatic carbocycles. The third-order valence-electron chi connectivity index (χ3n) is 5.99. The Morgan fingerprint density at radius 2 is 1.74 bits per heavy atom. The van der Waals surface area contributed by atoms with Gasteiger partial charge in [0.05, 0.1) is 28.6 Å². The maximum absolute atomic E-state index is 13.5. The molecule has 1 saturated heterocycles. The molecule has 9 nitrogen and oxygen atoms in total. The van der Waals surface area contributed by atoms with Gasteiger partial charge in [0.1, 0.15) is 16.4 Å². The molecule has 1 N–H and O–H groups in total. The fraction of sp³-hybridized carbons (Fsp3) is 0.259. The average Bonchev–Trinajstić information content (AvgIpc) is 3.48. The minimum absolute atomic E-state index is 0.0712. The summed E-state index contributed by atoms with van der Waals surface area (Å²) in [6, 6.07) is 15.0. The van der Waals surface area contributed by atoms with Crippen LogP contribution in [0, 0.1) is 6.92 Å². The van der Waals surface area contributed by atoms with E-state index in [-0.39, 0.29) is 35.2 Å². The van der Waals surface area contributed by atoms with Gasteiger partial charge in [-0.2, -0.15) is 0 Å². The number of ether oxygens (including phenoxy) is 1. The summed E-state index contributed by atoms with van der Waals surface area (Å²) in [5.74, 6) is -1.18. The van der Waals surface area contributed by atoms with Crippen molar-refractivity contribution in [3.63, 3.8) is 0 Å². The molecular formula is C27H27NO8S2. The molecule has 38 heavy (non-hydrogen) atoms. The first kappa shape index (κ1) is 27.3. The van der Waals surface area contributed by atoms with E-state index in [9.17, 15) is 26.4 Å². The Hall–Kier alpha value is -3.70. The molecule has 0 saturated carbocycles. The molecule has 0 spiro atoms. The monoisotopic (exact) mass is 557 g/mol. The summed E-state index contributed by atoms with van der Waals surface area (Å²) in [5.41, 5.74) is 1.85. The zero-order valence-electron chi connectivity index (χ0n) is 20.8. The van der Waals surface area contributed by atoms with E-state index in [2.05, 4.69) is 5.32 Å². The summed E-state index contributed by atoms with van der Waals surface area (Å²) in [6.45, 7) is 3.78. The lowest BCUT2D eigenvalue weighted by Gasteiger charge is -2.14. The molecular weight excluding hydrogens is 530 g/mol. The number of benzene rings is 2. The van der Waals surface area contributed by atoms with Crippen LogP contribution in [-0.4, -0.2) is 52.9 Å². The molecule has 1 atom stereocenters. The lowest BCUT2D eigenvalue weighted by atomic mass is 10.1. The van der Waals surface area contributed by atoms with E-state index in [0.717, 1.165) is 11.6 Å². The highest BCUT2D eigenvalue weighted by atomic mass is 32.2. The molecule has 3 aromatic rings. The van der Waals surface area contributed by atoms with Crippen LogP contribution < -0.4 is 5.32 Å². The largest absolute Gasteiger partial charge is 0.462 e. The summed E-state index contributed by atoms with van der Waals surface area (Å²) in [7, 11) is -7.56. The van der Waals surface area contributed by atoms with Gasteiger partial charge < -0.3 is 14.5 Å². The molecule has 0 radical (unpaired) electrons. The number of sulfone groups is 2. The van der Waals surface area contributed by atoms with E-state index in [1.807, 2.05) is 6.92 Å². The van der Waals surface area contributed by atoms with Crippen LogP contribution in [0.5, 0.6) is 0 Å². The first-order valence-electron chi connectivity index (χ1n) is 11.9. The quantitative estimate of drug-likeness (QED) is 0.328. The Bertz CT molecular complexity index is 1580. The third-order valence-corrected chi connectivity index (χ3v) is 9.54. The van der Waals surface area contributed by atoms with Gasteiger partial charge in [0.15, 0.2) is 9.84 Å². The van der Waals surface area contributed by atoms with Crippen molar-refractivity contribution >= 4 is 37.6 Å². The smallest absolute Gasteiger partial charge is 0.338 e. The second kappa shape index (κ2) is 11.0. The molecule has 1 aliphatic rings. The number of esters is 1. The van der Waals surface area contributed by atoms with Crippen LogP contribution in [0.3, 0.4) is 0 Å². The second-order valence-corrected chi connectivity index (χ2v) is 13.0. The topological polar surface area (TPSA) is 137 Å². The van der Waals surface area contributed by atoms with Gasteiger partial charge >= 0.3 is 5.97 Å². The number of hydrogen-bond donors (Lipinski definition) is 1. The summed E-state index contributed by atoms with van der Waals surface area (Å²) >= 11 is 0. The minimum Gasteiger partial charge on any atom is -0.462 e. The SMILES string of the molecule is CCOC(=O)c1ccc(-c2ccc(/C=C(\C(=O)NC3CCS(=O)(=O)C3)S(=O)(=O)c3ccc(C)cc3)o2)cc1. The minimum atomic E-state index is -4.27. The van der Waals surface area contributed by atoms with Crippen molar-refractivity contribution in [2.75, 3.05) is 18.1 Å². The van der Waals surface area contributed by atoms with Gasteiger partial charge in [-0.3, -0.25) is 4.79 Å². The van der Waals surface area contributed by atoms with Crippen LogP contribution in [0.25, 0.3) is 17.4 Å². The Morgan fingerprint density at radius 3 is 2.34 bits per heavy atom. The van der Waals surface area contributed by atoms with Crippen LogP contribution in [0.4, 0.5) is 0 Å². The average molecular weight is 558 g/mol. The normalized spacial score (nSPS) is 17.2. The highest BCUT2D eigenvalue weighted by molar-refractivity contribution is 7.96. The van der Waals surface area contributed by atoms with Gasteiger partial charge in [0.25, 0.3) is 5.91 Å². The van der Waals surface area contributed by atoms with E-state index >= 15 is 0 Å². The zero-order chi connectivity index (χ0) is 27.5. The number of nitrogens with one attached hydrogen (secondary N) is 1. The molecule has 1 amide bonds. The zero-order valence-corrected chi connectivity index (χ0v) is 22.5. The number of carbonyl (C=O) groups is 2. The van der Waals surface area contributed by atoms with Gasteiger partial charge in [-0.15, -0.1) is 0 Å². The van der Waals surface area contributed by atoms with Crippen molar-refractivity contribution in [1.29, 1.82) is 0 Å². The molecule has 2 heterocycles. The predicted molar refractivity (Wildman–Crippen MR) is 142 cm³/mol. The molecule has 200 valence electrons. The van der Waals surface area contributed by atoms with Crippen LogP contribution >= 0.6 is 0 Å². The summed E-state index contributed by atoms with van der Waals surface area (Å²) in [6.07, 6.45) is 1.34. The Morgan fingerprint density at radius 1 is 1.05 bits per heavy atom. The molecule has 1 unspecified atom stereocenters. The van der Waals surface area contributed by atoms with Crippen molar-refractivity contribution in [2.24, 2.45) is 0 Å². The Labute approximate surface area is 221 Å². The third kappa shape index (κ3) is 6.22. The van der Waals surface area contributed by atoms with E-state index in [1.165, 1.54) is 18.2 Å². The van der Waals surface area contributed by atoms with E-state index in [1.54, 1.807) is 49.4 Å². The van der Waals surface area contributed by atoms with Crippen LogP contribution in [-0.2, 0) is 29.2 Å². The molecule has 0 aliphatic carbocycles. The number of amides is 1. The lowest BCUT2D eigenvalue weighted by Crippen LogP contribution is -2.38. The summed E-state index contributed by atoms with van der Waals surface area (Å²) in [4.78, 5) is 24.4. The molecule has 0 bridgehead atoms. The van der Waals surface area contributed by atoms with Gasteiger partial charge in [-0.05, 0) is 56.7 Å². The van der Waals surface area contributed by atoms with Crippen molar-refractivity contribution in [3.05, 3.63) is 82.5 Å². The number of hydrogen-bond acceptors (Lipinski definition) is 8. The van der Waals surface area contributed by atoms with Crippen LogP contribution in [0.15, 0.2) is 74.9 Å². The van der Waals surface area contributed by atoms with Crippen molar-refractivity contribution in [2.45, 2.75) is 31.2 Å². The fourth-order valence-electron chi connectivity index (χ4n) is 3.97. The number of carbonyl (C=O) groups excluding carboxylic acids is 2. The first-order valence-corrected chi connectivity index (χ1v) is 15.2. The molecule has 11 heteroatoms. The van der Waals surface area contributed by atoms with E-state index in [4.69, 9.17) is 9.15 Å². The van der Waals surface area contributed by atoms with Gasteiger partial charge in [0.2, 0.25) is 9.84 Å². The highest BCUT2D eigenvalue weighted by Gasteiger charge is 2.33. The Kier molecular flexibility index (Phi) is 7.89. The first-order chi connectivity index (χ1) is 18.0.